The molecule has 0 bridgehead atoms. The molecular weight excluding hydrogens is 400 g/mol. The first-order chi connectivity index (χ1) is 15.4. The molecule has 1 aromatic heterocycles. The number of aryl methyl sites for hydroxylation is 1. The number of carboxylic acid groups (broad SMARTS) is 1. The van der Waals surface area contributed by atoms with E-state index in [1.807, 2.05) is 25.3 Å². The van der Waals surface area contributed by atoms with Crippen LogP contribution in [0.2, 0.25) is 0 Å². The standard InChI is InChI=1S/C27H34N2O3/c1-5-32-21-11-13-29(25(15-21)19-6-8-20(9-7-19)27(30)31)16-24-22-10-12-28-26(22)18(4)14-23(24)17(2)3/h6-10,12,14,17,21,25,28H,5,11,13,15-16H2,1-4H3,(H,30,31)/t21-,25-/m0/s1. The molecule has 3 aromatic rings. The number of aromatic nitrogens is 1. The van der Waals surface area contributed by atoms with Crippen molar-refractivity contribution in [2.45, 2.75) is 65.1 Å². The molecule has 0 spiro atoms. The number of carboxylic acids is 1. The largest absolute Gasteiger partial charge is 0.478 e. The number of likely N-dealkylation sites (tertiary alicyclic amines) is 1. The quantitative estimate of drug-likeness (QED) is 0.476. The minimum atomic E-state index is -0.889. The molecule has 2 heterocycles. The van der Waals surface area contributed by atoms with Gasteiger partial charge in [0, 0.05) is 42.8 Å². The first-order valence-electron chi connectivity index (χ1n) is 11.7. The Morgan fingerprint density at radius 1 is 1.25 bits per heavy atom. The van der Waals surface area contributed by atoms with E-state index in [0.29, 0.717) is 11.5 Å². The number of aromatic amines is 1. The van der Waals surface area contributed by atoms with Crippen LogP contribution < -0.4 is 0 Å². The smallest absolute Gasteiger partial charge is 0.335 e. The summed E-state index contributed by atoms with van der Waals surface area (Å²) >= 11 is 0. The average Bonchev–Trinajstić information content (AvgIpc) is 3.27. The summed E-state index contributed by atoms with van der Waals surface area (Å²) in [6.07, 6.45) is 4.19. The molecule has 4 rings (SSSR count). The lowest BCUT2D eigenvalue weighted by atomic mass is 9.89. The number of piperidine rings is 1. The van der Waals surface area contributed by atoms with Crippen LogP contribution in [0.1, 0.15) is 78.2 Å². The van der Waals surface area contributed by atoms with Crippen molar-refractivity contribution in [1.82, 2.24) is 9.88 Å². The Labute approximate surface area is 190 Å². The molecule has 0 radical (unpaired) electrons. The van der Waals surface area contributed by atoms with E-state index >= 15 is 0 Å². The van der Waals surface area contributed by atoms with Crippen LogP contribution >= 0.6 is 0 Å². The maximum Gasteiger partial charge on any atom is 0.335 e. The molecule has 1 aliphatic heterocycles. The molecule has 2 aromatic carbocycles. The van der Waals surface area contributed by atoms with Crippen molar-refractivity contribution in [3.63, 3.8) is 0 Å². The molecule has 1 aliphatic rings. The van der Waals surface area contributed by atoms with Crippen LogP contribution in [0.15, 0.2) is 42.6 Å². The lowest BCUT2D eigenvalue weighted by molar-refractivity contribution is -0.0137. The van der Waals surface area contributed by atoms with Gasteiger partial charge in [0.05, 0.1) is 11.7 Å². The zero-order valence-electron chi connectivity index (χ0n) is 19.5. The highest BCUT2D eigenvalue weighted by atomic mass is 16.5. The summed E-state index contributed by atoms with van der Waals surface area (Å²) in [5.74, 6) is -0.447. The number of ether oxygens (including phenoxy) is 1. The number of hydrogen-bond acceptors (Lipinski definition) is 3. The van der Waals surface area contributed by atoms with Crippen molar-refractivity contribution in [1.29, 1.82) is 0 Å². The zero-order chi connectivity index (χ0) is 22.8. The summed E-state index contributed by atoms with van der Waals surface area (Å²) in [5, 5.41) is 10.6. The fourth-order valence-corrected chi connectivity index (χ4v) is 5.14. The predicted octanol–water partition coefficient (Wildman–Crippen LogP) is 6.04. The molecule has 5 heteroatoms. The molecule has 5 nitrogen and oxygen atoms in total. The van der Waals surface area contributed by atoms with Crippen molar-refractivity contribution >= 4 is 16.9 Å². The van der Waals surface area contributed by atoms with Crippen LogP contribution in [0.25, 0.3) is 10.9 Å². The maximum atomic E-state index is 11.3. The van der Waals surface area contributed by atoms with Gasteiger partial charge in [0.25, 0.3) is 0 Å². The number of carbonyl (C=O) groups is 1. The number of nitrogens with one attached hydrogen (secondary N) is 1. The van der Waals surface area contributed by atoms with Gasteiger partial charge in [0.15, 0.2) is 0 Å². The normalized spacial score (nSPS) is 19.7. The highest BCUT2D eigenvalue weighted by Gasteiger charge is 2.31. The van der Waals surface area contributed by atoms with E-state index in [0.717, 1.165) is 38.1 Å². The second-order valence-electron chi connectivity index (χ2n) is 9.20. The minimum Gasteiger partial charge on any atom is -0.478 e. The monoisotopic (exact) mass is 434 g/mol. The SMILES string of the molecule is CCO[C@H]1CCN(Cc2c(C(C)C)cc(C)c3[nH]ccc23)[C@H](c2ccc(C(=O)O)cc2)C1. The van der Waals surface area contributed by atoms with Gasteiger partial charge < -0.3 is 14.8 Å². The summed E-state index contributed by atoms with van der Waals surface area (Å²) in [6.45, 7) is 11.3. The molecule has 0 unspecified atom stereocenters. The zero-order valence-corrected chi connectivity index (χ0v) is 19.5. The first kappa shape index (κ1) is 22.6. The Kier molecular flexibility index (Phi) is 6.68. The third kappa shape index (κ3) is 4.45. The second-order valence-corrected chi connectivity index (χ2v) is 9.20. The Bertz CT molecular complexity index is 1080. The average molecular weight is 435 g/mol. The molecule has 170 valence electrons. The molecule has 32 heavy (non-hydrogen) atoms. The van der Waals surface area contributed by atoms with Crippen LogP contribution in [-0.2, 0) is 11.3 Å². The summed E-state index contributed by atoms with van der Waals surface area (Å²) in [4.78, 5) is 17.3. The van der Waals surface area contributed by atoms with E-state index in [1.165, 1.54) is 27.6 Å². The summed E-state index contributed by atoms with van der Waals surface area (Å²) in [6, 6.07) is 12.1. The fraction of sp³-hybridized carbons (Fsp3) is 0.444. The maximum absolute atomic E-state index is 11.3. The number of rotatable bonds is 7. The predicted molar refractivity (Wildman–Crippen MR) is 128 cm³/mol. The number of benzene rings is 2. The van der Waals surface area contributed by atoms with E-state index in [1.54, 1.807) is 12.1 Å². The summed E-state index contributed by atoms with van der Waals surface area (Å²) in [7, 11) is 0. The molecule has 1 saturated heterocycles. The van der Waals surface area contributed by atoms with Crippen molar-refractivity contribution in [2.75, 3.05) is 13.2 Å². The van der Waals surface area contributed by atoms with Crippen LogP contribution in [-0.4, -0.2) is 40.2 Å². The van der Waals surface area contributed by atoms with Crippen molar-refractivity contribution in [2.24, 2.45) is 0 Å². The van der Waals surface area contributed by atoms with Gasteiger partial charge in [-0.25, -0.2) is 4.79 Å². The topological polar surface area (TPSA) is 65.6 Å². The Morgan fingerprint density at radius 3 is 2.66 bits per heavy atom. The Hall–Kier alpha value is -2.63. The highest BCUT2D eigenvalue weighted by Crippen LogP contribution is 2.37. The van der Waals surface area contributed by atoms with Crippen LogP contribution in [0.3, 0.4) is 0 Å². The molecule has 0 amide bonds. The number of nitrogens with zero attached hydrogens (tertiary/aromatic N) is 1. The number of aromatic carboxylic acids is 1. The number of fused-ring (bicyclic) bond motifs is 1. The lowest BCUT2D eigenvalue weighted by Crippen LogP contribution is -2.39. The van der Waals surface area contributed by atoms with Gasteiger partial charge in [0.2, 0.25) is 0 Å². The summed E-state index contributed by atoms with van der Waals surface area (Å²) in [5.41, 5.74) is 6.78. The third-order valence-electron chi connectivity index (χ3n) is 6.78. The van der Waals surface area contributed by atoms with Gasteiger partial charge in [-0.2, -0.15) is 0 Å². The van der Waals surface area contributed by atoms with Crippen molar-refractivity contribution < 1.29 is 14.6 Å². The first-order valence-corrected chi connectivity index (χ1v) is 11.7. The van der Waals surface area contributed by atoms with Gasteiger partial charge >= 0.3 is 5.97 Å². The third-order valence-corrected chi connectivity index (χ3v) is 6.78. The molecule has 2 N–H and O–H groups in total. The summed E-state index contributed by atoms with van der Waals surface area (Å²) < 4.78 is 6.00. The minimum absolute atomic E-state index is 0.193. The fourth-order valence-electron chi connectivity index (χ4n) is 5.14. The van der Waals surface area contributed by atoms with Gasteiger partial charge in [0.1, 0.15) is 0 Å². The van der Waals surface area contributed by atoms with E-state index in [9.17, 15) is 9.90 Å². The van der Waals surface area contributed by atoms with E-state index in [-0.39, 0.29) is 12.1 Å². The Balaban J connectivity index is 1.71. The van der Waals surface area contributed by atoms with Crippen molar-refractivity contribution in [3.05, 3.63) is 70.4 Å². The molecule has 2 atom stereocenters. The van der Waals surface area contributed by atoms with Gasteiger partial charge in [-0.3, -0.25) is 4.90 Å². The van der Waals surface area contributed by atoms with E-state index in [4.69, 9.17) is 4.74 Å². The van der Waals surface area contributed by atoms with Crippen LogP contribution in [0, 0.1) is 6.92 Å². The number of hydrogen-bond donors (Lipinski definition) is 2. The number of H-pyrrole nitrogens is 1. The molecule has 0 aliphatic carbocycles. The van der Waals surface area contributed by atoms with E-state index < -0.39 is 5.97 Å². The molecule has 0 saturated carbocycles. The van der Waals surface area contributed by atoms with Gasteiger partial charge in [-0.1, -0.05) is 32.0 Å². The van der Waals surface area contributed by atoms with E-state index in [2.05, 4.69) is 42.8 Å². The van der Waals surface area contributed by atoms with Crippen molar-refractivity contribution in [3.8, 4) is 0 Å². The van der Waals surface area contributed by atoms with Crippen LogP contribution in [0.5, 0.6) is 0 Å². The lowest BCUT2D eigenvalue weighted by Gasteiger charge is -2.40. The van der Waals surface area contributed by atoms with Crippen LogP contribution in [0.4, 0.5) is 0 Å². The second kappa shape index (κ2) is 9.47. The van der Waals surface area contributed by atoms with Gasteiger partial charge in [-0.15, -0.1) is 0 Å². The Morgan fingerprint density at radius 2 is 2.00 bits per heavy atom. The highest BCUT2D eigenvalue weighted by molar-refractivity contribution is 5.88. The van der Waals surface area contributed by atoms with Gasteiger partial charge in [-0.05, 0) is 73.1 Å². The molecule has 1 fully saturated rings. The molecular formula is C27H34N2O3.